The van der Waals surface area contributed by atoms with Crippen molar-refractivity contribution in [2.24, 2.45) is 0 Å². The fourth-order valence-electron chi connectivity index (χ4n) is 5.29. The number of esters is 1. The molecule has 3 rings (SSSR count). The predicted octanol–water partition coefficient (Wildman–Crippen LogP) is 1.69. The second-order valence-corrected chi connectivity index (χ2v) is 8.57. The number of ketones is 4. The summed E-state index contributed by atoms with van der Waals surface area (Å²) in [5.41, 5.74) is -9.73. The first-order chi connectivity index (χ1) is 16.6. The van der Waals surface area contributed by atoms with Gasteiger partial charge in [-0.2, -0.15) is 0 Å². The van der Waals surface area contributed by atoms with Crippen LogP contribution < -0.4 is 4.74 Å². The Labute approximate surface area is 204 Å². The maximum Gasteiger partial charge on any atom is 0.303 e. The number of rotatable bonds is 6. The van der Waals surface area contributed by atoms with Crippen LogP contribution in [0.25, 0.3) is 0 Å². The van der Waals surface area contributed by atoms with E-state index in [2.05, 4.69) is 0 Å². The Morgan fingerprint density at radius 1 is 0.722 bits per heavy atom. The summed E-state index contributed by atoms with van der Waals surface area (Å²) in [6.07, 6.45) is 0. The number of fused-ring (bicyclic) bond motifs is 1. The average Bonchev–Trinajstić information content (AvgIpc) is 2.73. The van der Waals surface area contributed by atoms with Crippen molar-refractivity contribution in [3.05, 3.63) is 41.5 Å². The highest BCUT2D eigenvalue weighted by molar-refractivity contribution is 6.21. The lowest BCUT2D eigenvalue weighted by molar-refractivity contribution is -0.217. The van der Waals surface area contributed by atoms with Gasteiger partial charge in [0.25, 0.3) is 0 Å². The van der Waals surface area contributed by atoms with Crippen LogP contribution in [0, 0.1) is 0 Å². The Balaban J connectivity index is 2.80. The fraction of sp³-hybridized carbons (Fsp3) is 0.320. The topological polar surface area (TPSA) is 185 Å². The van der Waals surface area contributed by atoms with Crippen LogP contribution in [0.1, 0.15) is 45.7 Å². The van der Waals surface area contributed by atoms with E-state index in [1.807, 2.05) is 0 Å². The molecule has 0 radical (unpaired) electrons. The molecule has 2 unspecified atom stereocenters. The molecule has 0 fully saturated rings. The second-order valence-electron chi connectivity index (χ2n) is 8.57. The number of carbonyl (C=O) groups excluding carboxylic acids is 5. The number of carbonyl (C=O) groups is 5. The van der Waals surface area contributed by atoms with E-state index in [1.54, 1.807) is 0 Å². The van der Waals surface area contributed by atoms with Gasteiger partial charge in [0, 0.05) is 24.6 Å². The highest BCUT2D eigenvalue weighted by atomic mass is 16.6. The van der Waals surface area contributed by atoms with Gasteiger partial charge in [0.1, 0.15) is 17.2 Å². The highest BCUT2D eigenvalue weighted by Gasteiger charge is 2.81. The summed E-state index contributed by atoms with van der Waals surface area (Å²) in [7, 11) is 0. The number of Topliss-reactive ketones (excluding diaryl/α,β-unsaturated/α-hetero) is 4. The first kappa shape index (κ1) is 26.2. The zero-order chi connectivity index (χ0) is 27.4. The summed E-state index contributed by atoms with van der Waals surface area (Å²) in [4.78, 5) is 66.8. The van der Waals surface area contributed by atoms with Gasteiger partial charge in [-0.3, -0.25) is 24.0 Å². The Bertz CT molecular complexity index is 1330. The van der Waals surface area contributed by atoms with Gasteiger partial charge in [0.05, 0.1) is 5.56 Å². The van der Waals surface area contributed by atoms with Crippen LogP contribution in [-0.2, 0) is 39.7 Å². The van der Waals surface area contributed by atoms with Gasteiger partial charge in [-0.05, 0) is 39.8 Å². The molecular weight excluding hydrogens is 476 g/mol. The Kier molecular flexibility index (Phi) is 6.09. The Morgan fingerprint density at radius 2 is 1.31 bits per heavy atom. The van der Waals surface area contributed by atoms with Gasteiger partial charge in [0.2, 0.25) is 11.2 Å². The van der Waals surface area contributed by atoms with Crippen LogP contribution in [0.3, 0.4) is 0 Å². The van der Waals surface area contributed by atoms with Crippen molar-refractivity contribution in [3.8, 4) is 28.7 Å². The molecule has 0 saturated heterocycles. The van der Waals surface area contributed by atoms with E-state index in [-0.39, 0.29) is 5.56 Å². The van der Waals surface area contributed by atoms with Crippen molar-refractivity contribution >= 4 is 29.1 Å². The number of phenols is 4. The molecule has 190 valence electrons. The van der Waals surface area contributed by atoms with Gasteiger partial charge in [-0.25, -0.2) is 0 Å². The van der Waals surface area contributed by atoms with E-state index in [0.29, 0.717) is 0 Å². The molecule has 36 heavy (non-hydrogen) atoms. The fourth-order valence-corrected chi connectivity index (χ4v) is 5.29. The Morgan fingerprint density at radius 3 is 1.75 bits per heavy atom. The summed E-state index contributed by atoms with van der Waals surface area (Å²) < 4.78 is 11.5. The third-order valence-corrected chi connectivity index (χ3v) is 6.45. The van der Waals surface area contributed by atoms with Crippen molar-refractivity contribution in [2.75, 3.05) is 0 Å². The summed E-state index contributed by atoms with van der Waals surface area (Å²) in [6, 6.07) is 4.56. The SMILES string of the molecule is CC(=O)OC1(C(C)=O)C(C(C)=O)(c2ccc(O)c(O)c2)Oc2cc(O)cc(O)c2C1(C(C)=O)C(C)=O. The molecular formula is C25H24O11. The largest absolute Gasteiger partial charge is 0.508 e. The molecule has 1 aliphatic heterocycles. The summed E-state index contributed by atoms with van der Waals surface area (Å²) in [5.74, 6) is -8.95. The minimum absolute atomic E-state index is 0.373. The molecule has 2 aromatic carbocycles. The van der Waals surface area contributed by atoms with Crippen molar-refractivity contribution < 1.29 is 53.9 Å². The normalized spacial score (nSPS) is 22.0. The lowest BCUT2D eigenvalue weighted by atomic mass is 9.51. The molecule has 4 N–H and O–H groups in total. The molecule has 0 aliphatic carbocycles. The van der Waals surface area contributed by atoms with Gasteiger partial charge in [0.15, 0.2) is 40.0 Å². The Hall–Kier alpha value is -4.41. The van der Waals surface area contributed by atoms with E-state index in [0.717, 1.165) is 65.0 Å². The minimum Gasteiger partial charge on any atom is -0.508 e. The van der Waals surface area contributed by atoms with Crippen LogP contribution >= 0.6 is 0 Å². The molecule has 1 aliphatic rings. The van der Waals surface area contributed by atoms with Gasteiger partial charge >= 0.3 is 5.97 Å². The summed E-state index contributed by atoms with van der Waals surface area (Å²) in [5, 5.41) is 41.0. The van der Waals surface area contributed by atoms with Crippen molar-refractivity contribution in [1.29, 1.82) is 0 Å². The first-order valence-corrected chi connectivity index (χ1v) is 10.6. The summed E-state index contributed by atoms with van der Waals surface area (Å²) >= 11 is 0. The van der Waals surface area contributed by atoms with Crippen LogP contribution in [0.5, 0.6) is 28.7 Å². The maximum absolute atomic E-state index is 13.7. The lowest BCUT2D eigenvalue weighted by Gasteiger charge is -2.57. The van der Waals surface area contributed by atoms with E-state index >= 15 is 0 Å². The molecule has 11 heteroatoms. The number of hydrogen-bond donors (Lipinski definition) is 4. The standard InChI is InChI=1S/C25H24O11/c1-11(26)23(12(2)27)22-20(34)9-17(31)10-21(22)36-24(13(3)28,16-6-7-18(32)19(33)8-16)25(23,14(4)29)35-15(5)30/h6-10,31-34H,1-5H3. The predicted molar refractivity (Wildman–Crippen MR) is 121 cm³/mol. The molecule has 0 spiro atoms. The minimum atomic E-state index is -3.08. The lowest BCUT2D eigenvalue weighted by Crippen LogP contribution is -2.79. The van der Waals surface area contributed by atoms with E-state index in [4.69, 9.17) is 9.47 Å². The van der Waals surface area contributed by atoms with Crippen LogP contribution in [0.2, 0.25) is 0 Å². The molecule has 0 aromatic heterocycles. The molecule has 0 amide bonds. The van der Waals surface area contributed by atoms with Crippen LogP contribution in [0.4, 0.5) is 0 Å². The first-order valence-electron chi connectivity index (χ1n) is 10.6. The number of ether oxygens (including phenoxy) is 2. The average molecular weight is 500 g/mol. The number of aromatic hydroxyl groups is 4. The van der Waals surface area contributed by atoms with Crippen molar-refractivity contribution in [3.63, 3.8) is 0 Å². The number of benzene rings is 2. The zero-order valence-electron chi connectivity index (χ0n) is 20.0. The maximum atomic E-state index is 13.7. The smallest absolute Gasteiger partial charge is 0.303 e. The molecule has 11 nitrogen and oxygen atoms in total. The van der Waals surface area contributed by atoms with Crippen molar-refractivity contribution in [1.82, 2.24) is 0 Å². The molecule has 0 saturated carbocycles. The van der Waals surface area contributed by atoms with Gasteiger partial charge in [-0.1, -0.05) is 6.07 Å². The molecule has 1 heterocycles. The second kappa shape index (κ2) is 8.36. The third-order valence-electron chi connectivity index (χ3n) is 6.45. The molecule has 2 atom stereocenters. The van der Waals surface area contributed by atoms with Crippen LogP contribution in [0.15, 0.2) is 30.3 Å². The van der Waals surface area contributed by atoms with Gasteiger partial charge < -0.3 is 29.9 Å². The number of hydrogen-bond acceptors (Lipinski definition) is 11. The highest BCUT2D eigenvalue weighted by Crippen LogP contribution is 2.62. The van der Waals surface area contributed by atoms with Crippen molar-refractivity contribution in [2.45, 2.75) is 51.2 Å². The molecule has 2 aromatic rings. The van der Waals surface area contributed by atoms with E-state index in [9.17, 15) is 44.4 Å². The quantitative estimate of drug-likeness (QED) is 0.257. The summed E-state index contributed by atoms with van der Waals surface area (Å²) in [6.45, 7) is 4.49. The van der Waals surface area contributed by atoms with Crippen LogP contribution in [-0.4, -0.2) is 55.1 Å². The van der Waals surface area contributed by atoms with E-state index < -0.39 is 80.0 Å². The molecule has 0 bridgehead atoms. The van der Waals surface area contributed by atoms with Gasteiger partial charge in [-0.15, -0.1) is 0 Å². The third kappa shape index (κ3) is 3.08. The zero-order valence-corrected chi connectivity index (χ0v) is 20.0. The monoisotopic (exact) mass is 500 g/mol. The van der Waals surface area contributed by atoms with E-state index in [1.165, 1.54) is 0 Å². The number of phenolic OH excluding ortho intramolecular Hbond substituents is 4.